The van der Waals surface area contributed by atoms with Crippen molar-refractivity contribution in [2.45, 2.75) is 13.3 Å². The minimum atomic E-state index is -0.772. The third-order valence-electron chi connectivity index (χ3n) is 2.86. The van der Waals surface area contributed by atoms with Crippen molar-refractivity contribution >= 4 is 23.5 Å². The fourth-order valence-electron chi connectivity index (χ4n) is 1.69. The molecule has 0 saturated heterocycles. The summed E-state index contributed by atoms with van der Waals surface area (Å²) in [7, 11) is 0. The fourth-order valence-corrected chi connectivity index (χ4v) is 1.69. The van der Waals surface area contributed by atoms with Crippen molar-refractivity contribution in [3.8, 4) is 0 Å². The number of carbonyl (C=O) groups is 3. The van der Waals surface area contributed by atoms with E-state index in [1.807, 2.05) is 0 Å². The molecule has 0 fully saturated rings. The summed E-state index contributed by atoms with van der Waals surface area (Å²) in [6.45, 7) is 1.18. The molecular weight excluding hydrogens is 293 g/mol. The molecule has 116 valence electrons. The molecule has 22 heavy (non-hydrogen) atoms. The molecule has 0 saturated carbocycles. The number of hydrogen-bond donors (Lipinski definition) is 3. The lowest BCUT2D eigenvalue weighted by molar-refractivity contribution is -0.144. The summed E-state index contributed by atoms with van der Waals surface area (Å²) < 4.78 is 17.9. The first-order chi connectivity index (χ1) is 10.5. The van der Waals surface area contributed by atoms with Gasteiger partial charge in [0.1, 0.15) is 11.5 Å². The van der Waals surface area contributed by atoms with Crippen molar-refractivity contribution in [3.63, 3.8) is 0 Å². The van der Waals surface area contributed by atoms with Gasteiger partial charge in [0.25, 0.3) is 5.91 Å². The second-order valence-corrected chi connectivity index (χ2v) is 4.58. The first-order valence-corrected chi connectivity index (χ1v) is 6.44. The Morgan fingerprint density at radius 2 is 2.14 bits per heavy atom. The van der Waals surface area contributed by atoms with Crippen molar-refractivity contribution in [1.29, 1.82) is 0 Å². The number of rotatable bonds is 4. The zero-order valence-electron chi connectivity index (χ0n) is 11.7. The Kier molecular flexibility index (Phi) is 4.72. The summed E-state index contributed by atoms with van der Waals surface area (Å²) >= 11 is 0. The van der Waals surface area contributed by atoms with Crippen LogP contribution < -0.4 is 16.2 Å². The molecule has 0 unspecified atom stereocenters. The summed E-state index contributed by atoms with van der Waals surface area (Å²) in [6.07, 6.45) is 1.40. The first kappa shape index (κ1) is 15.5. The molecule has 2 amide bonds. The quantitative estimate of drug-likeness (QED) is 0.705. The van der Waals surface area contributed by atoms with Crippen molar-refractivity contribution < 1.29 is 23.5 Å². The molecule has 0 radical (unpaired) electrons. The van der Waals surface area contributed by atoms with E-state index in [4.69, 9.17) is 4.74 Å². The fraction of sp³-hybridized carbons (Fsp3) is 0.214. The van der Waals surface area contributed by atoms with E-state index in [1.165, 1.54) is 24.3 Å². The number of anilines is 1. The van der Waals surface area contributed by atoms with E-state index in [1.54, 1.807) is 6.92 Å². The molecule has 1 heterocycles. The summed E-state index contributed by atoms with van der Waals surface area (Å²) in [6, 6.07) is 3.98. The number of amides is 2. The van der Waals surface area contributed by atoms with Crippen LogP contribution in [-0.4, -0.2) is 24.4 Å². The molecule has 1 aromatic rings. The molecule has 0 aliphatic carbocycles. The molecule has 1 aliphatic rings. The van der Waals surface area contributed by atoms with Gasteiger partial charge < -0.3 is 10.1 Å². The van der Waals surface area contributed by atoms with Crippen LogP contribution in [0.25, 0.3) is 0 Å². The molecule has 8 heteroatoms. The first-order valence-electron chi connectivity index (χ1n) is 6.44. The van der Waals surface area contributed by atoms with Gasteiger partial charge in [0.05, 0.1) is 0 Å². The molecule has 0 atom stereocenters. The Morgan fingerprint density at radius 1 is 1.36 bits per heavy atom. The van der Waals surface area contributed by atoms with E-state index in [-0.39, 0.29) is 18.0 Å². The summed E-state index contributed by atoms with van der Waals surface area (Å²) in [5, 5.41) is 2.45. The molecule has 2 rings (SSSR count). The van der Waals surface area contributed by atoms with Crippen LogP contribution in [-0.2, 0) is 19.1 Å². The van der Waals surface area contributed by atoms with Gasteiger partial charge in [0.15, 0.2) is 6.61 Å². The Labute approximate surface area is 125 Å². The predicted octanol–water partition coefficient (Wildman–Crippen LogP) is 0.524. The van der Waals surface area contributed by atoms with E-state index >= 15 is 0 Å². The predicted molar refractivity (Wildman–Crippen MR) is 74.7 cm³/mol. The molecule has 3 N–H and O–H groups in total. The molecule has 1 aromatic carbocycles. The number of ether oxygens (including phenoxy) is 1. The number of benzene rings is 1. The number of halogens is 1. The minimum absolute atomic E-state index is 0.0477. The van der Waals surface area contributed by atoms with Gasteiger partial charge in [-0.1, -0.05) is 6.07 Å². The lowest BCUT2D eigenvalue weighted by atomic mass is 10.2. The molecule has 0 bridgehead atoms. The highest BCUT2D eigenvalue weighted by atomic mass is 19.1. The Morgan fingerprint density at radius 3 is 2.82 bits per heavy atom. The standard InChI is InChI=1S/C14H14FN3O4/c1-8-2-3-9(15)6-11(8)16-13(20)7-22-14(21)10-4-5-12(19)18-17-10/h2-4,6,17H,5,7H2,1H3,(H,16,20)(H,18,19). The largest absolute Gasteiger partial charge is 0.451 e. The van der Waals surface area contributed by atoms with E-state index in [2.05, 4.69) is 16.2 Å². The van der Waals surface area contributed by atoms with Gasteiger partial charge in [-0.05, 0) is 30.7 Å². The zero-order valence-corrected chi connectivity index (χ0v) is 11.7. The number of carbonyl (C=O) groups excluding carboxylic acids is 3. The van der Waals surface area contributed by atoms with Crippen molar-refractivity contribution in [2.24, 2.45) is 0 Å². The average Bonchev–Trinajstić information content (AvgIpc) is 2.49. The topological polar surface area (TPSA) is 96.5 Å². The summed E-state index contributed by atoms with van der Waals surface area (Å²) in [4.78, 5) is 34.2. The van der Waals surface area contributed by atoms with Gasteiger partial charge in [-0.2, -0.15) is 0 Å². The number of hydrogen-bond acceptors (Lipinski definition) is 5. The van der Waals surface area contributed by atoms with Crippen LogP contribution in [0.2, 0.25) is 0 Å². The van der Waals surface area contributed by atoms with E-state index in [9.17, 15) is 18.8 Å². The van der Waals surface area contributed by atoms with Gasteiger partial charge in [0.2, 0.25) is 5.91 Å². The maximum atomic E-state index is 13.1. The van der Waals surface area contributed by atoms with Crippen molar-refractivity contribution in [3.05, 3.63) is 41.4 Å². The highest BCUT2D eigenvalue weighted by Gasteiger charge is 2.17. The third kappa shape index (κ3) is 4.05. The third-order valence-corrected chi connectivity index (χ3v) is 2.86. The van der Waals surface area contributed by atoms with Crippen LogP contribution in [0, 0.1) is 12.7 Å². The van der Waals surface area contributed by atoms with Crippen LogP contribution in [0.15, 0.2) is 30.0 Å². The SMILES string of the molecule is Cc1ccc(F)cc1NC(=O)COC(=O)C1=CCC(=O)NN1. The molecule has 0 spiro atoms. The number of aryl methyl sites for hydroxylation is 1. The van der Waals surface area contributed by atoms with Gasteiger partial charge in [0, 0.05) is 12.1 Å². The summed E-state index contributed by atoms with van der Waals surface area (Å²) in [5.74, 6) is -2.13. The number of nitrogens with one attached hydrogen (secondary N) is 3. The van der Waals surface area contributed by atoms with Gasteiger partial charge in [-0.25, -0.2) is 9.18 Å². The lowest BCUT2D eigenvalue weighted by Gasteiger charge is -2.15. The maximum absolute atomic E-state index is 13.1. The van der Waals surface area contributed by atoms with Gasteiger partial charge in [-0.3, -0.25) is 20.4 Å². The lowest BCUT2D eigenvalue weighted by Crippen LogP contribution is -2.42. The van der Waals surface area contributed by atoms with Crippen molar-refractivity contribution in [1.82, 2.24) is 10.9 Å². The number of hydrazine groups is 1. The van der Waals surface area contributed by atoms with E-state index < -0.39 is 24.3 Å². The normalized spacial score (nSPS) is 13.5. The Balaban J connectivity index is 1.86. The van der Waals surface area contributed by atoms with Crippen LogP contribution in [0.3, 0.4) is 0 Å². The minimum Gasteiger partial charge on any atom is -0.451 e. The Hall–Kier alpha value is -2.90. The van der Waals surface area contributed by atoms with Gasteiger partial charge in [-0.15, -0.1) is 0 Å². The van der Waals surface area contributed by atoms with Crippen molar-refractivity contribution in [2.75, 3.05) is 11.9 Å². The highest BCUT2D eigenvalue weighted by Crippen LogP contribution is 2.15. The molecule has 0 aromatic heterocycles. The van der Waals surface area contributed by atoms with Gasteiger partial charge >= 0.3 is 5.97 Å². The molecular formula is C14H14FN3O4. The maximum Gasteiger partial charge on any atom is 0.356 e. The molecule has 1 aliphatic heterocycles. The summed E-state index contributed by atoms with van der Waals surface area (Å²) in [5.41, 5.74) is 5.66. The van der Waals surface area contributed by atoms with E-state index in [0.29, 0.717) is 11.3 Å². The Bertz CT molecular complexity index is 657. The zero-order chi connectivity index (χ0) is 16.1. The average molecular weight is 307 g/mol. The molecule has 7 nitrogen and oxygen atoms in total. The van der Waals surface area contributed by atoms with Crippen LogP contribution >= 0.6 is 0 Å². The smallest absolute Gasteiger partial charge is 0.356 e. The monoisotopic (exact) mass is 307 g/mol. The second kappa shape index (κ2) is 6.70. The second-order valence-electron chi connectivity index (χ2n) is 4.58. The van der Waals surface area contributed by atoms with Crippen LogP contribution in [0.5, 0.6) is 0 Å². The van der Waals surface area contributed by atoms with Crippen LogP contribution in [0.4, 0.5) is 10.1 Å². The van der Waals surface area contributed by atoms with Crippen LogP contribution in [0.1, 0.15) is 12.0 Å². The highest BCUT2D eigenvalue weighted by molar-refractivity contribution is 5.96. The number of esters is 1. The van der Waals surface area contributed by atoms with E-state index in [0.717, 1.165) is 0 Å².